The van der Waals surface area contributed by atoms with Crippen molar-refractivity contribution in [3.8, 4) is 5.69 Å². The minimum atomic E-state index is -4.55. The molecule has 6 rings (SSSR count). The standard InChI is InChI=1S/C26H28F6N8O2/c1-24(42)8-16(9-24)34-23-35-21(38-11-18(12-38)39-6-5-37(13-20(39)41)14-25(27,28)29)19-10-33-40(22(19)36-23)17-4-2-3-15(7-17)26(30,31)32/h2-4,7,10,16,18,42H,5-6,8-9,11-14H2,1H3,(H,34,35,36)/t16-,24-. The largest absolute Gasteiger partial charge is 0.416 e. The topological polar surface area (TPSA) is 103 Å². The predicted octanol–water partition coefficient (Wildman–Crippen LogP) is 3.05. The van der Waals surface area contributed by atoms with Crippen molar-refractivity contribution in [3.63, 3.8) is 0 Å². The Morgan fingerprint density at radius 3 is 2.48 bits per heavy atom. The summed E-state index contributed by atoms with van der Waals surface area (Å²) >= 11 is 0. The van der Waals surface area contributed by atoms with Crippen LogP contribution < -0.4 is 10.2 Å². The Hall–Kier alpha value is -3.66. The van der Waals surface area contributed by atoms with E-state index in [1.165, 1.54) is 23.0 Å². The van der Waals surface area contributed by atoms with Gasteiger partial charge in [0.2, 0.25) is 11.9 Å². The minimum absolute atomic E-state index is 0.106. The number of nitrogens with one attached hydrogen (secondary N) is 1. The van der Waals surface area contributed by atoms with Crippen molar-refractivity contribution in [1.29, 1.82) is 0 Å². The Kier molecular flexibility index (Phi) is 6.75. The lowest BCUT2D eigenvalue weighted by atomic mass is 9.77. The summed E-state index contributed by atoms with van der Waals surface area (Å²) in [5.74, 6) is 0.304. The fourth-order valence-corrected chi connectivity index (χ4v) is 5.82. The molecule has 2 saturated heterocycles. The van der Waals surface area contributed by atoms with Gasteiger partial charge in [0.25, 0.3) is 0 Å². The Balaban J connectivity index is 1.26. The third-order valence-corrected chi connectivity index (χ3v) is 7.87. The molecule has 1 aliphatic carbocycles. The number of hydrogen-bond donors (Lipinski definition) is 2. The number of carbonyl (C=O) groups excluding carboxylic acids is 1. The molecule has 10 nitrogen and oxygen atoms in total. The van der Waals surface area contributed by atoms with E-state index in [0.717, 1.165) is 17.0 Å². The van der Waals surface area contributed by atoms with Gasteiger partial charge in [-0.1, -0.05) is 6.07 Å². The number of aromatic nitrogens is 4. The first-order valence-electron chi connectivity index (χ1n) is 13.4. The van der Waals surface area contributed by atoms with Gasteiger partial charge in [0.05, 0.1) is 47.6 Å². The Morgan fingerprint density at radius 1 is 1.10 bits per heavy atom. The number of amides is 1. The smallest absolute Gasteiger partial charge is 0.390 e. The molecule has 2 aliphatic heterocycles. The second kappa shape index (κ2) is 9.97. The lowest BCUT2D eigenvalue weighted by Gasteiger charge is -2.48. The fourth-order valence-electron chi connectivity index (χ4n) is 5.82. The van der Waals surface area contributed by atoms with E-state index in [4.69, 9.17) is 0 Å². The minimum Gasteiger partial charge on any atom is -0.390 e. The molecule has 1 saturated carbocycles. The van der Waals surface area contributed by atoms with Gasteiger partial charge in [-0.2, -0.15) is 41.4 Å². The van der Waals surface area contributed by atoms with Gasteiger partial charge in [0.15, 0.2) is 5.65 Å². The summed E-state index contributed by atoms with van der Waals surface area (Å²) < 4.78 is 79.8. The van der Waals surface area contributed by atoms with Crippen molar-refractivity contribution in [2.75, 3.05) is 49.5 Å². The Labute approximate surface area is 235 Å². The first-order chi connectivity index (χ1) is 19.6. The Morgan fingerprint density at radius 2 is 1.83 bits per heavy atom. The average Bonchev–Trinajstić information content (AvgIpc) is 3.26. The van der Waals surface area contributed by atoms with Crippen LogP contribution in [0.2, 0.25) is 0 Å². The molecule has 2 aromatic heterocycles. The lowest BCUT2D eigenvalue weighted by molar-refractivity contribution is -0.159. The molecule has 0 atom stereocenters. The van der Waals surface area contributed by atoms with Crippen molar-refractivity contribution in [3.05, 3.63) is 36.0 Å². The van der Waals surface area contributed by atoms with Crippen LogP contribution in [0.15, 0.2) is 30.5 Å². The molecule has 3 fully saturated rings. The van der Waals surface area contributed by atoms with E-state index >= 15 is 0 Å². The molecule has 0 radical (unpaired) electrons. The van der Waals surface area contributed by atoms with Crippen LogP contribution in [0.3, 0.4) is 0 Å². The quantitative estimate of drug-likeness (QED) is 0.418. The maximum absolute atomic E-state index is 13.4. The normalized spacial score (nSPS) is 24.2. The molecule has 42 heavy (non-hydrogen) atoms. The van der Waals surface area contributed by atoms with E-state index in [0.29, 0.717) is 37.1 Å². The molecule has 16 heteroatoms. The molecule has 3 aliphatic rings. The molecule has 0 unspecified atom stereocenters. The van der Waals surface area contributed by atoms with Crippen LogP contribution >= 0.6 is 0 Å². The van der Waals surface area contributed by atoms with Gasteiger partial charge in [-0.25, -0.2) is 4.68 Å². The van der Waals surface area contributed by atoms with Crippen LogP contribution in [0.4, 0.5) is 38.1 Å². The maximum Gasteiger partial charge on any atom is 0.416 e. The van der Waals surface area contributed by atoms with Crippen LogP contribution in [0.25, 0.3) is 16.7 Å². The first kappa shape index (κ1) is 28.5. The summed E-state index contributed by atoms with van der Waals surface area (Å²) in [6.45, 7) is 1.29. The zero-order valence-corrected chi connectivity index (χ0v) is 22.5. The molecule has 1 aromatic carbocycles. The molecular weight excluding hydrogens is 570 g/mol. The average molecular weight is 599 g/mol. The predicted molar refractivity (Wildman–Crippen MR) is 139 cm³/mol. The number of aliphatic hydroxyl groups is 1. The van der Waals surface area contributed by atoms with Gasteiger partial charge in [-0.05, 0) is 38.0 Å². The van der Waals surface area contributed by atoms with Crippen molar-refractivity contribution >= 4 is 28.7 Å². The van der Waals surface area contributed by atoms with Crippen molar-refractivity contribution in [2.24, 2.45) is 0 Å². The van der Waals surface area contributed by atoms with E-state index in [2.05, 4.69) is 20.4 Å². The van der Waals surface area contributed by atoms with Crippen molar-refractivity contribution in [1.82, 2.24) is 29.5 Å². The van der Waals surface area contributed by atoms with Gasteiger partial charge >= 0.3 is 12.4 Å². The van der Waals surface area contributed by atoms with Crippen LogP contribution in [0, 0.1) is 0 Å². The molecule has 226 valence electrons. The summed E-state index contributed by atoms with van der Waals surface area (Å²) in [6.07, 6.45) is -6.53. The highest BCUT2D eigenvalue weighted by Crippen LogP contribution is 2.36. The number of alkyl halides is 6. The van der Waals surface area contributed by atoms with Gasteiger partial charge in [0, 0.05) is 32.2 Å². The number of rotatable bonds is 6. The second-order valence-electron chi connectivity index (χ2n) is 11.4. The molecule has 0 spiro atoms. The van der Waals surface area contributed by atoms with Crippen LogP contribution in [0.1, 0.15) is 25.3 Å². The SMILES string of the molecule is C[C@]1(O)C[C@H](Nc2nc(N3CC(N4CCN(CC(F)(F)F)CC4=O)C3)c3cnn(-c4cccc(C(F)(F)F)c4)c3n2)C1. The van der Waals surface area contributed by atoms with Crippen LogP contribution in [-0.4, -0.2) is 104 Å². The second-order valence-corrected chi connectivity index (χ2v) is 11.4. The highest BCUT2D eigenvalue weighted by Gasteiger charge is 2.42. The summed E-state index contributed by atoms with van der Waals surface area (Å²) in [7, 11) is 0. The van der Waals surface area contributed by atoms with Gasteiger partial charge in [-0.15, -0.1) is 0 Å². The summed E-state index contributed by atoms with van der Waals surface area (Å²) in [5, 5.41) is 18.1. The molecule has 3 aromatic rings. The van der Waals surface area contributed by atoms with Crippen LogP contribution in [0.5, 0.6) is 0 Å². The number of piperazine rings is 1. The van der Waals surface area contributed by atoms with E-state index in [1.807, 2.05) is 4.90 Å². The number of halogens is 6. The number of anilines is 2. The fraction of sp³-hybridized carbons (Fsp3) is 0.538. The monoisotopic (exact) mass is 598 g/mol. The summed E-state index contributed by atoms with van der Waals surface area (Å²) in [5.41, 5.74) is -1.22. The summed E-state index contributed by atoms with van der Waals surface area (Å²) in [6, 6.07) is 4.39. The number of hydrogen-bond acceptors (Lipinski definition) is 8. The third kappa shape index (κ3) is 5.69. The first-order valence-corrected chi connectivity index (χ1v) is 13.4. The van der Waals surface area contributed by atoms with Gasteiger partial charge < -0.3 is 20.2 Å². The van der Waals surface area contributed by atoms with Crippen LogP contribution in [-0.2, 0) is 11.0 Å². The third-order valence-electron chi connectivity index (χ3n) is 7.87. The number of carbonyl (C=O) groups is 1. The number of nitrogens with zero attached hydrogens (tertiary/aromatic N) is 7. The molecular formula is C26H28F6N8O2. The van der Waals surface area contributed by atoms with E-state index in [1.54, 1.807) is 11.8 Å². The zero-order valence-electron chi connectivity index (χ0n) is 22.5. The molecule has 0 bridgehead atoms. The molecule has 1 amide bonds. The van der Waals surface area contributed by atoms with Crippen molar-refractivity contribution < 1.29 is 36.2 Å². The Bertz CT molecular complexity index is 1490. The maximum atomic E-state index is 13.4. The molecule has 4 heterocycles. The van der Waals surface area contributed by atoms with Gasteiger partial charge in [0.1, 0.15) is 5.82 Å². The van der Waals surface area contributed by atoms with E-state index in [-0.39, 0.29) is 54.9 Å². The lowest BCUT2D eigenvalue weighted by Crippen LogP contribution is -2.65. The van der Waals surface area contributed by atoms with Gasteiger partial charge in [-0.3, -0.25) is 9.69 Å². The number of fused-ring (bicyclic) bond motifs is 1. The van der Waals surface area contributed by atoms with E-state index < -0.39 is 30.1 Å². The van der Waals surface area contributed by atoms with Crippen molar-refractivity contribution in [2.45, 2.75) is 49.8 Å². The highest BCUT2D eigenvalue weighted by molar-refractivity contribution is 5.90. The number of benzene rings is 1. The summed E-state index contributed by atoms with van der Waals surface area (Å²) in [4.78, 5) is 26.4. The molecule has 2 N–H and O–H groups in total. The van der Waals surface area contributed by atoms with E-state index in [9.17, 15) is 36.2 Å². The zero-order chi connectivity index (χ0) is 30.0. The highest BCUT2D eigenvalue weighted by atomic mass is 19.4.